The summed E-state index contributed by atoms with van der Waals surface area (Å²) in [5.41, 5.74) is 0. The molecular weight excluding hydrogens is 254 g/mol. The van der Waals surface area contributed by atoms with Gasteiger partial charge in [0.1, 0.15) is 0 Å². The average Bonchev–Trinajstić information content (AvgIpc) is 2.46. The molecule has 20 heavy (non-hydrogen) atoms. The first-order valence-corrected chi connectivity index (χ1v) is 7.88. The zero-order valence-electron chi connectivity index (χ0n) is 13.3. The summed E-state index contributed by atoms with van der Waals surface area (Å²) in [6.45, 7) is 9.60. The fourth-order valence-electron chi connectivity index (χ4n) is 2.77. The number of carbonyl (C=O) groups excluding carboxylic acids is 1. The number of piperidine rings is 1. The van der Waals surface area contributed by atoms with Gasteiger partial charge in [-0.3, -0.25) is 4.79 Å². The molecule has 0 aliphatic carbocycles. The standard InChI is InChI=1S/C15H31N3O2/c1-4-8-18-9-5-14(6-10-18)13(2)17-12-15(19)16-7-11-20-3/h13-14,17H,4-12H2,1-3H3,(H,16,19). The molecule has 1 aliphatic heterocycles. The molecule has 0 spiro atoms. The van der Waals surface area contributed by atoms with E-state index in [0.717, 1.165) is 0 Å². The van der Waals surface area contributed by atoms with Crippen molar-refractivity contribution in [3.63, 3.8) is 0 Å². The van der Waals surface area contributed by atoms with Gasteiger partial charge >= 0.3 is 0 Å². The number of methoxy groups -OCH3 is 1. The first-order valence-electron chi connectivity index (χ1n) is 7.88. The molecule has 1 atom stereocenters. The molecule has 0 aromatic carbocycles. The van der Waals surface area contributed by atoms with Crippen LogP contribution in [0.25, 0.3) is 0 Å². The SMILES string of the molecule is CCCN1CCC(C(C)NCC(=O)NCCOC)CC1. The van der Waals surface area contributed by atoms with Gasteiger partial charge in [-0.2, -0.15) is 0 Å². The van der Waals surface area contributed by atoms with E-state index in [0.29, 0.717) is 31.7 Å². The van der Waals surface area contributed by atoms with Crippen LogP contribution in [0.15, 0.2) is 0 Å². The van der Waals surface area contributed by atoms with Crippen LogP contribution in [0.2, 0.25) is 0 Å². The van der Waals surface area contributed by atoms with Gasteiger partial charge in [0, 0.05) is 19.7 Å². The maximum atomic E-state index is 11.6. The van der Waals surface area contributed by atoms with Crippen molar-refractivity contribution in [1.82, 2.24) is 15.5 Å². The topological polar surface area (TPSA) is 53.6 Å². The Hall–Kier alpha value is -0.650. The molecule has 1 saturated heterocycles. The van der Waals surface area contributed by atoms with Gasteiger partial charge in [0.15, 0.2) is 0 Å². The van der Waals surface area contributed by atoms with E-state index in [1.165, 1.54) is 38.9 Å². The quantitative estimate of drug-likeness (QED) is 0.617. The molecule has 0 aromatic rings. The fourth-order valence-corrected chi connectivity index (χ4v) is 2.77. The molecule has 5 heteroatoms. The van der Waals surface area contributed by atoms with Gasteiger partial charge in [0.05, 0.1) is 13.2 Å². The van der Waals surface area contributed by atoms with Crippen LogP contribution in [0.3, 0.4) is 0 Å². The van der Waals surface area contributed by atoms with Gasteiger partial charge in [-0.05, 0) is 51.7 Å². The highest BCUT2D eigenvalue weighted by Crippen LogP contribution is 2.20. The molecule has 1 fully saturated rings. The minimum absolute atomic E-state index is 0.0531. The zero-order valence-corrected chi connectivity index (χ0v) is 13.3. The lowest BCUT2D eigenvalue weighted by Crippen LogP contribution is -2.45. The molecule has 1 aliphatic rings. The molecular formula is C15H31N3O2. The summed E-state index contributed by atoms with van der Waals surface area (Å²) >= 11 is 0. The van der Waals surface area contributed by atoms with Crippen LogP contribution in [0.1, 0.15) is 33.1 Å². The van der Waals surface area contributed by atoms with Gasteiger partial charge in [-0.15, -0.1) is 0 Å². The van der Waals surface area contributed by atoms with Crippen molar-refractivity contribution in [2.45, 2.75) is 39.2 Å². The van der Waals surface area contributed by atoms with Crippen LogP contribution < -0.4 is 10.6 Å². The molecule has 1 unspecified atom stereocenters. The second kappa shape index (κ2) is 10.1. The van der Waals surface area contributed by atoms with Crippen molar-refractivity contribution >= 4 is 5.91 Å². The van der Waals surface area contributed by atoms with E-state index in [-0.39, 0.29) is 5.91 Å². The summed E-state index contributed by atoms with van der Waals surface area (Å²) in [5.74, 6) is 0.743. The summed E-state index contributed by atoms with van der Waals surface area (Å²) in [4.78, 5) is 14.1. The molecule has 0 radical (unpaired) electrons. The lowest BCUT2D eigenvalue weighted by molar-refractivity contribution is -0.120. The van der Waals surface area contributed by atoms with Crippen molar-refractivity contribution in [3.05, 3.63) is 0 Å². The highest BCUT2D eigenvalue weighted by molar-refractivity contribution is 5.77. The molecule has 1 rings (SSSR count). The Labute approximate surface area is 123 Å². The van der Waals surface area contributed by atoms with Crippen LogP contribution in [-0.4, -0.2) is 63.3 Å². The highest BCUT2D eigenvalue weighted by Gasteiger charge is 2.23. The van der Waals surface area contributed by atoms with Gasteiger partial charge in [0.25, 0.3) is 0 Å². The van der Waals surface area contributed by atoms with Gasteiger partial charge in [0.2, 0.25) is 5.91 Å². The molecule has 1 heterocycles. The molecule has 2 N–H and O–H groups in total. The van der Waals surface area contributed by atoms with Gasteiger partial charge < -0.3 is 20.3 Å². The number of carbonyl (C=O) groups is 1. The Bertz CT molecular complexity index is 266. The minimum atomic E-state index is 0.0531. The third kappa shape index (κ3) is 6.68. The first-order chi connectivity index (χ1) is 9.67. The normalized spacial score (nSPS) is 18.9. The summed E-state index contributed by atoms with van der Waals surface area (Å²) in [6, 6.07) is 0.409. The number of likely N-dealkylation sites (tertiary alicyclic amines) is 1. The Morgan fingerprint density at radius 2 is 2.10 bits per heavy atom. The highest BCUT2D eigenvalue weighted by atomic mass is 16.5. The summed E-state index contributed by atoms with van der Waals surface area (Å²) < 4.78 is 4.90. The van der Waals surface area contributed by atoms with E-state index in [4.69, 9.17) is 4.74 Å². The van der Waals surface area contributed by atoms with E-state index >= 15 is 0 Å². The smallest absolute Gasteiger partial charge is 0.234 e. The Kier molecular flexibility index (Phi) is 8.82. The number of nitrogens with zero attached hydrogens (tertiary/aromatic N) is 1. The second-order valence-electron chi connectivity index (χ2n) is 5.69. The molecule has 0 bridgehead atoms. The second-order valence-corrected chi connectivity index (χ2v) is 5.69. The molecule has 1 amide bonds. The van der Waals surface area contributed by atoms with Gasteiger partial charge in [-0.1, -0.05) is 6.92 Å². The van der Waals surface area contributed by atoms with E-state index in [1.807, 2.05) is 0 Å². The van der Waals surface area contributed by atoms with Crippen molar-refractivity contribution in [2.75, 3.05) is 46.4 Å². The Morgan fingerprint density at radius 3 is 2.70 bits per heavy atom. The van der Waals surface area contributed by atoms with Crippen LogP contribution in [-0.2, 0) is 9.53 Å². The number of ether oxygens (including phenoxy) is 1. The minimum Gasteiger partial charge on any atom is -0.383 e. The molecule has 5 nitrogen and oxygen atoms in total. The van der Waals surface area contributed by atoms with Crippen molar-refractivity contribution in [3.8, 4) is 0 Å². The number of hydrogen-bond acceptors (Lipinski definition) is 4. The number of nitrogens with one attached hydrogen (secondary N) is 2. The van der Waals surface area contributed by atoms with Crippen LogP contribution in [0.4, 0.5) is 0 Å². The number of rotatable bonds is 9. The third-order valence-corrected chi connectivity index (χ3v) is 4.09. The molecule has 0 saturated carbocycles. The predicted octanol–water partition coefficient (Wildman–Crippen LogP) is 0.849. The maximum absolute atomic E-state index is 11.6. The summed E-state index contributed by atoms with van der Waals surface area (Å²) in [6.07, 6.45) is 3.71. The number of hydrogen-bond donors (Lipinski definition) is 2. The van der Waals surface area contributed by atoms with Crippen LogP contribution in [0.5, 0.6) is 0 Å². The molecule has 0 aromatic heterocycles. The fraction of sp³-hybridized carbons (Fsp3) is 0.933. The van der Waals surface area contributed by atoms with E-state index < -0.39 is 0 Å². The Balaban J connectivity index is 2.13. The zero-order chi connectivity index (χ0) is 14.8. The van der Waals surface area contributed by atoms with Crippen LogP contribution in [0, 0.1) is 5.92 Å². The third-order valence-electron chi connectivity index (χ3n) is 4.09. The lowest BCUT2D eigenvalue weighted by atomic mass is 9.90. The largest absolute Gasteiger partial charge is 0.383 e. The lowest BCUT2D eigenvalue weighted by Gasteiger charge is -2.35. The van der Waals surface area contributed by atoms with E-state index in [1.54, 1.807) is 7.11 Å². The van der Waals surface area contributed by atoms with E-state index in [2.05, 4.69) is 29.4 Å². The predicted molar refractivity (Wildman–Crippen MR) is 81.8 cm³/mol. The van der Waals surface area contributed by atoms with Gasteiger partial charge in [-0.25, -0.2) is 0 Å². The maximum Gasteiger partial charge on any atom is 0.234 e. The first kappa shape index (κ1) is 17.4. The Morgan fingerprint density at radius 1 is 1.40 bits per heavy atom. The molecule has 118 valence electrons. The van der Waals surface area contributed by atoms with Crippen molar-refractivity contribution in [2.24, 2.45) is 5.92 Å². The number of amides is 1. The summed E-state index contributed by atoms with van der Waals surface area (Å²) in [5, 5.41) is 6.19. The van der Waals surface area contributed by atoms with E-state index in [9.17, 15) is 4.79 Å². The van der Waals surface area contributed by atoms with Crippen molar-refractivity contribution < 1.29 is 9.53 Å². The van der Waals surface area contributed by atoms with Crippen LogP contribution >= 0.6 is 0 Å². The monoisotopic (exact) mass is 285 g/mol. The summed E-state index contributed by atoms with van der Waals surface area (Å²) in [7, 11) is 1.64. The van der Waals surface area contributed by atoms with Crippen molar-refractivity contribution in [1.29, 1.82) is 0 Å². The average molecular weight is 285 g/mol.